The quantitative estimate of drug-likeness (QED) is 0.0894. The third-order valence-corrected chi connectivity index (χ3v) is 11.5. The number of benzene rings is 4. The van der Waals surface area contributed by atoms with E-state index in [4.69, 9.17) is 48.9 Å². The number of hydrogen-bond donors (Lipinski definition) is 4. The van der Waals surface area contributed by atoms with Gasteiger partial charge in [0.2, 0.25) is 23.6 Å². The molecule has 0 saturated carbocycles. The molecule has 0 atom stereocenters. The van der Waals surface area contributed by atoms with Crippen molar-refractivity contribution >= 4 is 92.5 Å². The average Bonchev–Trinajstić information content (AvgIpc) is 3.20. The summed E-state index contributed by atoms with van der Waals surface area (Å²) in [4.78, 5) is 51.3. The van der Waals surface area contributed by atoms with Crippen molar-refractivity contribution in [2.45, 2.75) is 68.2 Å². The minimum Gasteiger partial charge on any atom is -0.277 e. The molecule has 0 radical (unpaired) electrons. The number of carbonyl (C=O) groups is 4. The molecular weight excluding hydrogens is 880 g/mol. The van der Waals surface area contributed by atoms with Gasteiger partial charge in [0.05, 0.1) is 0 Å². The fourth-order valence-electron chi connectivity index (χ4n) is 5.99. The Labute approximate surface area is 415 Å². The van der Waals surface area contributed by atoms with Crippen LogP contribution in [0.2, 0.25) is 0 Å². The van der Waals surface area contributed by atoms with E-state index in [2.05, 4.69) is 21.7 Å². The third-order valence-electron chi connectivity index (χ3n) is 9.52. The molecule has 4 aromatic carbocycles. The van der Waals surface area contributed by atoms with Crippen LogP contribution in [0, 0.1) is 55.4 Å². The molecule has 4 aromatic rings. The molecule has 0 saturated heterocycles. The Morgan fingerprint density at radius 2 is 0.556 bits per heavy atom. The first-order valence-corrected chi connectivity index (χ1v) is 21.2. The molecule has 4 N–H and O–H groups in total. The zero-order valence-corrected chi connectivity index (χ0v) is 43.7. The van der Waals surface area contributed by atoms with Crippen molar-refractivity contribution in [3.63, 3.8) is 0 Å². The number of carbonyl (C=O) groups excluding carboxylic acids is 4. The van der Waals surface area contributed by atoms with Crippen LogP contribution in [-0.4, -0.2) is 91.8 Å². The van der Waals surface area contributed by atoms with Gasteiger partial charge in [-0.1, -0.05) is 120 Å². The summed E-state index contributed by atoms with van der Waals surface area (Å²) in [6, 6.07) is 23.8. The van der Waals surface area contributed by atoms with Gasteiger partial charge < -0.3 is 0 Å². The van der Waals surface area contributed by atoms with Crippen molar-refractivity contribution in [3.05, 3.63) is 140 Å². The molecule has 0 unspecified atom stereocenters. The summed E-state index contributed by atoms with van der Waals surface area (Å²) in [7, 11) is 6.62. The maximum absolute atomic E-state index is 12.3. The summed E-state index contributed by atoms with van der Waals surface area (Å²) in [5.74, 6) is -1.89. The predicted octanol–water partition coefficient (Wildman–Crippen LogP) is 3.58. The predicted molar refractivity (Wildman–Crippen MR) is 263 cm³/mol. The van der Waals surface area contributed by atoms with E-state index in [1.165, 1.54) is 20.0 Å². The summed E-state index contributed by atoms with van der Waals surface area (Å²) in [5.41, 5.74) is 22.4. The van der Waals surface area contributed by atoms with Gasteiger partial charge in [-0.3, -0.25) is 60.9 Å². The van der Waals surface area contributed by atoms with Crippen molar-refractivity contribution in [2.75, 3.05) is 28.2 Å². The Hall–Kier alpha value is -4.68. The van der Waals surface area contributed by atoms with E-state index in [9.17, 15) is 19.2 Å². The molecule has 12 nitrogen and oxygen atoms in total. The van der Waals surface area contributed by atoms with Crippen LogP contribution in [0.15, 0.2) is 72.8 Å². The van der Waals surface area contributed by atoms with E-state index in [1.54, 1.807) is 28.2 Å². The molecule has 0 aliphatic carbocycles. The molecule has 328 valence electrons. The van der Waals surface area contributed by atoms with Crippen LogP contribution < -0.4 is 51.3 Å². The number of rotatable bonds is 8. The van der Waals surface area contributed by atoms with Crippen LogP contribution in [0.4, 0.5) is 0 Å². The average molecular weight is 936 g/mol. The second-order valence-corrected chi connectivity index (χ2v) is 16.8. The zero-order valence-electron chi connectivity index (χ0n) is 38.4. The van der Waals surface area contributed by atoms with Gasteiger partial charge >= 0.3 is 29.6 Å². The maximum Gasteiger partial charge on any atom is 1.00 e. The summed E-state index contributed by atoms with van der Waals surface area (Å²) < 4.78 is 0. The Morgan fingerprint density at radius 1 is 0.381 bits per heavy atom. The fraction of sp³-hybridized carbons (Fsp3) is 0.304. The van der Waals surface area contributed by atoms with Crippen LogP contribution in [0.25, 0.3) is 0 Å². The summed E-state index contributed by atoms with van der Waals surface area (Å²) >= 11 is 22.0. The van der Waals surface area contributed by atoms with Crippen LogP contribution in [0.1, 0.15) is 79.6 Å². The molecule has 63 heavy (non-hydrogen) atoms. The number of aryl methyl sites for hydroxylation is 8. The summed E-state index contributed by atoms with van der Waals surface area (Å²) in [5, 5.41) is 5.82. The van der Waals surface area contributed by atoms with Gasteiger partial charge in [-0.05, 0) is 102 Å². The van der Waals surface area contributed by atoms with E-state index in [0.717, 1.165) is 66.8 Å². The monoisotopic (exact) mass is 935 g/mol. The van der Waals surface area contributed by atoms with Crippen molar-refractivity contribution in [1.82, 2.24) is 41.7 Å². The Balaban J connectivity index is 0.000000427. The van der Waals surface area contributed by atoms with Crippen LogP contribution in [-0.2, 0) is 19.2 Å². The first-order chi connectivity index (χ1) is 29.0. The Bertz CT molecular complexity index is 2080. The standard InChI is InChI=1S/2C23H28N4O2S2.Na/c2*1-14-7-9-16(3)18(11-14)22(30)26(5)24-20(28)13-21(29)25-27(6)23(31)19-12-15(2)8-10-17(19)4;/h2*7-12H,13H2,1-6H3,(H,24,28)(H,25,29);/q;;+1. The summed E-state index contributed by atoms with van der Waals surface area (Å²) in [6.07, 6.45) is -0.723. The van der Waals surface area contributed by atoms with Crippen LogP contribution in [0.5, 0.6) is 0 Å². The molecule has 17 heteroatoms. The summed E-state index contributed by atoms with van der Waals surface area (Å²) in [6.45, 7) is 15.7. The fourth-order valence-corrected chi connectivity index (χ4v) is 7.05. The van der Waals surface area contributed by atoms with Gasteiger partial charge in [0, 0.05) is 50.4 Å². The van der Waals surface area contributed by atoms with Crippen LogP contribution >= 0.6 is 48.9 Å². The molecule has 0 heterocycles. The smallest absolute Gasteiger partial charge is 0.277 e. The second kappa shape index (κ2) is 25.0. The SMILES string of the molecule is Cc1ccc(C)c(C(=S)N(C)NC(=O)CC(=O)NN(C)C(=S)c2cc(C)ccc2C)c1.Cc1ccc(C)c(C(=S)N(C)NC(=O)CC(=O)NN(C)C(=S)c2cc(C)ccc2C)c1.[Na+]. The van der Waals surface area contributed by atoms with Gasteiger partial charge in [0.25, 0.3) is 0 Å². The molecule has 0 aliphatic heterocycles. The zero-order chi connectivity index (χ0) is 46.6. The maximum atomic E-state index is 12.3. The minimum absolute atomic E-state index is 0. The van der Waals surface area contributed by atoms with E-state index in [1.807, 2.05) is 128 Å². The Kier molecular flexibility index (Phi) is 21.6. The first kappa shape index (κ1) is 54.5. The second-order valence-electron chi connectivity index (χ2n) is 15.2. The van der Waals surface area contributed by atoms with Gasteiger partial charge in [-0.25, -0.2) is 0 Å². The number of nitrogens with zero attached hydrogens (tertiary/aromatic N) is 4. The van der Waals surface area contributed by atoms with Gasteiger partial charge in [-0.15, -0.1) is 0 Å². The number of hydrazine groups is 4. The molecule has 4 amide bonds. The van der Waals surface area contributed by atoms with Crippen molar-refractivity contribution in [2.24, 2.45) is 0 Å². The van der Waals surface area contributed by atoms with Crippen LogP contribution in [0.3, 0.4) is 0 Å². The topological polar surface area (TPSA) is 129 Å². The van der Waals surface area contributed by atoms with E-state index >= 15 is 0 Å². The Morgan fingerprint density at radius 3 is 0.730 bits per heavy atom. The molecule has 0 spiro atoms. The number of thiocarbonyl (C=S) groups is 4. The third kappa shape index (κ3) is 16.4. The molecule has 0 fully saturated rings. The molecule has 4 rings (SSSR count). The number of hydrogen-bond acceptors (Lipinski definition) is 8. The van der Waals surface area contributed by atoms with E-state index < -0.39 is 23.6 Å². The minimum atomic E-state index is -0.473. The normalized spacial score (nSPS) is 10.1. The molecular formula is C46H56N8NaO4S4+. The molecule has 0 bridgehead atoms. The number of amides is 4. The largest absolute Gasteiger partial charge is 1.00 e. The van der Waals surface area contributed by atoms with Crippen molar-refractivity contribution < 1.29 is 48.7 Å². The van der Waals surface area contributed by atoms with Gasteiger partial charge in [0.1, 0.15) is 32.8 Å². The van der Waals surface area contributed by atoms with E-state index in [-0.39, 0.29) is 42.4 Å². The van der Waals surface area contributed by atoms with Gasteiger partial charge in [-0.2, -0.15) is 0 Å². The van der Waals surface area contributed by atoms with Gasteiger partial charge in [0.15, 0.2) is 0 Å². The number of nitrogens with one attached hydrogen (secondary N) is 4. The molecule has 0 aromatic heterocycles. The first-order valence-electron chi connectivity index (χ1n) is 19.6. The van der Waals surface area contributed by atoms with E-state index in [0.29, 0.717) is 20.0 Å². The van der Waals surface area contributed by atoms with Crippen molar-refractivity contribution in [3.8, 4) is 0 Å². The molecule has 0 aliphatic rings. The van der Waals surface area contributed by atoms with Crippen molar-refractivity contribution in [1.29, 1.82) is 0 Å².